The van der Waals surface area contributed by atoms with E-state index in [1.165, 1.54) is 36.3 Å². The minimum Gasteiger partial charge on any atom is -0.507 e. The molecule has 1 N–H and O–H groups in total. The van der Waals surface area contributed by atoms with Crippen LogP contribution in [-0.4, -0.2) is 53.2 Å². The quantitative estimate of drug-likeness (QED) is 0.550. The zero-order valence-corrected chi connectivity index (χ0v) is 19.1. The number of halogens is 1. The highest BCUT2D eigenvalue weighted by Crippen LogP contribution is 2.29. The molecule has 0 fully saturated rings. The molecular formula is C24H22FN3O5S. The summed E-state index contributed by atoms with van der Waals surface area (Å²) in [6.07, 6.45) is 4.06. The molecule has 0 bridgehead atoms. The molecule has 4 rings (SSSR count). The molecule has 1 aliphatic rings. The highest BCUT2D eigenvalue weighted by molar-refractivity contribution is 7.94. The number of phenolic OH excluding ortho intramolecular Hbond substituents is 1. The van der Waals surface area contributed by atoms with E-state index >= 15 is 0 Å². The van der Waals surface area contributed by atoms with Crippen molar-refractivity contribution in [1.29, 1.82) is 0 Å². The molecule has 176 valence electrons. The second-order valence-corrected chi connectivity index (χ2v) is 9.77. The van der Waals surface area contributed by atoms with Crippen LogP contribution in [0.15, 0.2) is 66.3 Å². The number of nitrogens with zero attached hydrogens (tertiary/aromatic N) is 3. The Hall–Kier alpha value is -3.79. The van der Waals surface area contributed by atoms with Gasteiger partial charge >= 0.3 is 0 Å². The van der Waals surface area contributed by atoms with E-state index < -0.39 is 21.7 Å². The second-order valence-electron chi connectivity index (χ2n) is 7.84. The van der Waals surface area contributed by atoms with Gasteiger partial charge in [0.2, 0.25) is 11.8 Å². The van der Waals surface area contributed by atoms with Crippen LogP contribution in [0.1, 0.15) is 11.1 Å². The summed E-state index contributed by atoms with van der Waals surface area (Å²) in [4.78, 5) is 22.8. The van der Waals surface area contributed by atoms with Crippen LogP contribution in [0.25, 0.3) is 11.3 Å². The Kier molecular flexibility index (Phi) is 6.60. The van der Waals surface area contributed by atoms with Crippen LogP contribution < -0.4 is 4.74 Å². The van der Waals surface area contributed by atoms with E-state index in [2.05, 4.69) is 9.97 Å². The van der Waals surface area contributed by atoms with Gasteiger partial charge in [0.05, 0.1) is 37.2 Å². The molecule has 10 heteroatoms. The average Bonchev–Trinajstić information content (AvgIpc) is 3.17. The summed E-state index contributed by atoms with van der Waals surface area (Å²) in [5.41, 5.74) is 2.07. The van der Waals surface area contributed by atoms with Gasteiger partial charge in [-0.1, -0.05) is 6.07 Å². The maximum Gasteiger partial charge on any atom is 0.227 e. The number of amides is 1. The number of phenols is 1. The molecule has 8 nitrogen and oxygen atoms in total. The van der Waals surface area contributed by atoms with Crippen molar-refractivity contribution in [2.45, 2.75) is 19.0 Å². The third kappa shape index (κ3) is 5.40. The molecule has 1 unspecified atom stereocenters. The fraction of sp³-hybridized carbons (Fsp3) is 0.208. The van der Waals surface area contributed by atoms with Crippen LogP contribution in [0, 0.1) is 5.82 Å². The molecule has 0 aliphatic carbocycles. The van der Waals surface area contributed by atoms with Gasteiger partial charge in [0.25, 0.3) is 0 Å². The first-order chi connectivity index (χ1) is 16.2. The van der Waals surface area contributed by atoms with Crippen LogP contribution in [0.3, 0.4) is 0 Å². The van der Waals surface area contributed by atoms with Crippen molar-refractivity contribution in [3.05, 3.63) is 83.3 Å². The summed E-state index contributed by atoms with van der Waals surface area (Å²) in [5, 5.41) is 11.6. The molecule has 0 spiro atoms. The first kappa shape index (κ1) is 23.4. The van der Waals surface area contributed by atoms with Gasteiger partial charge in [-0.05, 0) is 47.5 Å². The van der Waals surface area contributed by atoms with E-state index in [4.69, 9.17) is 4.74 Å². The molecular weight excluding hydrogens is 461 g/mol. The molecule has 1 atom stereocenters. The Bertz CT molecular complexity index is 1340. The summed E-state index contributed by atoms with van der Waals surface area (Å²) in [7, 11) is -1.90. The van der Waals surface area contributed by atoms with Crippen molar-refractivity contribution in [3.63, 3.8) is 0 Å². The number of carbonyl (C=O) groups excluding carboxylic acids is 1. The van der Waals surface area contributed by atoms with Crippen molar-refractivity contribution in [1.82, 2.24) is 14.9 Å². The lowest BCUT2D eigenvalue weighted by Gasteiger charge is -2.28. The number of hydrogen-bond donors (Lipinski definition) is 1. The third-order valence-electron chi connectivity index (χ3n) is 5.41. The molecule has 0 saturated heterocycles. The average molecular weight is 484 g/mol. The molecule has 2 aromatic heterocycles. The van der Waals surface area contributed by atoms with Gasteiger partial charge < -0.3 is 14.7 Å². The van der Waals surface area contributed by atoms with E-state index in [0.717, 1.165) is 17.2 Å². The lowest BCUT2D eigenvalue weighted by Crippen LogP contribution is -2.41. The first-order valence-electron chi connectivity index (χ1n) is 10.4. The number of sulfone groups is 1. The normalized spacial score (nSPS) is 16.4. The third-order valence-corrected chi connectivity index (χ3v) is 6.79. The van der Waals surface area contributed by atoms with Crippen LogP contribution in [-0.2, 0) is 27.6 Å². The van der Waals surface area contributed by atoms with Gasteiger partial charge in [0.1, 0.15) is 11.6 Å². The summed E-state index contributed by atoms with van der Waals surface area (Å²) >= 11 is 0. The van der Waals surface area contributed by atoms with E-state index in [1.807, 2.05) is 0 Å². The summed E-state index contributed by atoms with van der Waals surface area (Å²) in [5.74, 6) is -0.705. The van der Waals surface area contributed by atoms with Gasteiger partial charge in [-0.25, -0.2) is 17.8 Å². The van der Waals surface area contributed by atoms with Crippen molar-refractivity contribution >= 4 is 15.7 Å². The smallest absolute Gasteiger partial charge is 0.227 e. The molecule has 1 aromatic carbocycles. The largest absolute Gasteiger partial charge is 0.507 e. The number of aromatic hydroxyl groups is 1. The predicted octanol–water partition coefficient (Wildman–Crippen LogP) is 2.88. The minimum absolute atomic E-state index is 0.0582. The van der Waals surface area contributed by atoms with Crippen molar-refractivity contribution < 1.29 is 27.4 Å². The van der Waals surface area contributed by atoms with Gasteiger partial charge in [-0.2, -0.15) is 0 Å². The molecule has 34 heavy (non-hydrogen) atoms. The first-order valence-corrected chi connectivity index (χ1v) is 12.1. The van der Waals surface area contributed by atoms with Gasteiger partial charge in [0, 0.05) is 29.8 Å². The fourth-order valence-corrected chi connectivity index (χ4v) is 5.01. The molecule has 1 amide bonds. The maximum absolute atomic E-state index is 13.3. The Morgan fingerprint density at radius 1 is 1.18 bits per heavy atom. The summed E-state index contributed by atoms with van der Waals surface area (Å²) < 4.78 is 42.3. The highest BCUT2D eigenvalue weighted by atomic mass is 32.2. The lowest BCUT2D eigenvalue weighted by molar-refractivity contribution is -0.132. The Morgan fingerprint density at radius 2 is 2.00 bits per heavy atom. The SMILES string of the molecule is COc1cc(CN(C(=O)Cc2ccc(-c3ccc(F)cn3)c(O)c2)C2C=CS(=O)(=O)C2)ccn1. The van der Waals surface area contributed by atoms with E-state index in [1.54, 1.807) is 30.5 Å². The van der Waals surface area contributed by atoms with E-state index in [9.17, 15) is 22.7 Å². The Morgan fingerprint density at radius 3 is 2.65 bits per heavy atom. The number of benzene rings is 1. The second kappa shape index (κ2) is 9.60. The minimum atomic E-state index is -3.38. The zero-order chi connectivity index (χ0) is 24.3. The summed E-state index contributed by atoms with van der Waals surface area (Å²) in [6, 6.07) is 10.2. The number of carbonyl (C=O) groups is 1. The van der Waals surface area contributed by atoms with Crippen LogP contribution in [0.2, 0.25) is 0 Å². The number of pyridine rings is 2. The summed E-state index contributed by atoms with van der Waals surface area (Å²) in [6.45, 7) is 0.159. The number of methoxy groups -OCH3 is 1. The lowest BCUT2D eigenvalue weighted by atomic mass is 10.0. The van der Waals surface area contributed by atoms with Crippen molar-refractivity contribution in [2.24, 2.45) is 0 Å². The van der Waals surface area contributed by atoms with Crippen molar-refractivity contribution in [2.75, 3.05) is 12.9 Å². The fourth-order valence-electron chi connectivity index (χ4n) is 3.72. The molecule has 0 saturated carbocycles. The number of rotatable bonds is 7. The predicted molar refractivity (Wildman–Crippen MR) is 123 cm³/mol. The van der Waals surface area contributed by atoms with Gasteiger partial charge in [-0.3, -0.25) is 9.78 Å². The molecule has 1 aliphatic heterocycles. The number of aromatic nitrogens is 2. The van der Waals surface area contributed by atoms with Gasteiger partial charge in [-0.15, -0.1) is 0 Å². The topological polar surface area (TPSA) is 110 Å². The number of hydrogen-bond acceptors (Lipinski definition) is 7. The van der Waals surface area contributed by atoms with Gasteiger partial charge in [0.15, 0.2) is 9.84 Å². The van der Waals surface area contributed by atoms with Crippen LogP contribution in [0.5, 0.6) is 11.6 Å². The zero-order valence-electron chi connectivity index (χ0n) is 18.3. The molecule has 3 aromatic rings. The highest BCUT2D eigenvalue weighted by Gasteiger charge is 2.30. The van der Waals surface area contributed by atoms with Crippen LogP contribution in [0.4, 0.5) is 4.39 Å². The molecule has 0 radical (unpaired) electrons. The van der Waals surface area contributed by atoms with E-state index in [0.29, 0.717) is 22.7 Å². The molecule has 3 heterocycles. The Labute approximate surface area is 196 Å². The van der Waals surface area contributed by atoms with Crippen LogP contribution >= 0.6 is 0 Å². The maximum atomic E-state index is 13.3. The monoisotopic (exact) mass is 483 g/mol. The Balaban J connectivity index is 1.57. The standard InChI is InChI=1S/C24H22FN3O5S/c1-33-23-11-17(6-8-26-23)14-28(19-7-9-34(31,32)15-19)24(30)12-16-2-4-20(22(29)10-16)21-5-3-18(25)13-27-21/h2-11,13,19,29H,12,14-15H2,1H3. The number of ether oxygens (including phenoxy) is 1. The van der Waals surface area contributed by atoms with E-state index in [-0.39, 0.29) is 30.4 Å². The van der Waals surface area contributed by atoms with Crippen molar-refractivity contribution in [3.8, 4) is 22.9 Å².